The molecule has 3 heteroatoms. The number of hydrogen-bond donors (Lipinski definition) is 1. The molecule has 0 saturated carbocycles. The van der Waals surface area contributed by atoms with Gasteiger partial charge in [-0.25, -0.2) is 0 Å². The number of hydrogen-bond acceptors (Lipinski definition) is 2. The van der Waals surface area contributed by atoms with Gasteiger partial charge in [0.1, 0.15) is 0 Å². The summed E-state index contributed by atoms with van der Waals surface area (Å²) >= 11 is 0. The summed E-state index contributed by atoms with van der Waals surface area (Å²) in [6, 6.07) is 0.621. The first-order valence-electron chi connectivity index (χ1n) is 5.56. The van der Waals surface area contributed by atoms with Crippen LogP contribution in [0.2, 0.25) is 0 Å². The van der Waals surface area contributed by atoms with Gasteiger partial charge in [0.15, 0.2) is 0 Å². The van der Waals surface area contributed by atoms with Gasteiger partial charge in [0, 0.05) is 6.20 Å². The number of nitrogens with one attached hydrogen (secondary N) is 1. The van der Waals surface area contributed by atoms with E-state index in [2.05, 4.69) is 35.1 Å². The Hall–Kier alpha value is -0.830. The SMILES string of the molecule is CCc1cn(C2CCNCC2)nc1C. The van der Waals surface area contributed by atoms with Gasteiger partial charge in [-0.1, -0.05) is 6.92 Å². The van der Waals surface area contributed by atoms with E-state index in [0.29, 0.717) is 6.04 Å². The Kier molecular flexibility index (Phi) is 2.87. The predicted molar refractivity (Wildman–Crippen MR) is 57.5 cm³/mol. The van der Waals surface area contributed by atoms with E-state index in [1.54, 1.807) is 0 Å². The van der Waals surface area contributed by atoms with Crippen molar-refractivity contribution in [1.82, 2.24) is 15.1 Å². The second kappa shape index (κ2) is 4.13. The third kappa shape index (κ3) is 1.82. The van der Waals surface area contributed by atoms with E-state index in [-0.39, 0.29) is 0 Å². The number of rotatable bonds is 2. The maximum atomic E-state index is 4.59. The number of nitrogens with zero attached hydrogens (tertiary/aromatic N) is 2. The first-order chi connectivity index (χ1) is 6.81. The average molecular weight is 193 g/mol. The molecule has 78 valence electrons. The van der Waals surface area contributed by atoms with Crippen molar-refractivity contribution in [3.05, 3.63) is 17.5 Å². The lowest BCUT2D eigenvalue weighted by atomic mass is 10.1. The zero-order chi connectivity index (χ0) is 9.97. The molecule has 0 bridgehead atoms. The van der Waals surface area contributed by atoms with Gasteiger partial charge in [-0.15, -0.1) is 0 Å². The lowest BCUT2D eigenvalue weighted by molar-refractivity contribution is 0.342. The van der Waals surface area contributed by atoms with E-state index < -0.39 is 0 Å². The van der Waals surface area contributed by atoms with E-state index in [4.69, 9.17) is 0 Å². The molecule has 2 heterocycles. The normalized spacial score (nSPS) is 18.7. The Labute approximate surface area is 85.5 Å². The highest BCUT2D eigenvalue weighted by molar-refractivity contribution is 5.15. The minimum Gasteiger partial charge on any atom is -0.317 e. The maximum Gasteiger partial charge on any atom is 0.0625 e. The van der Waals surface area contributed by atoms with Gasteiger partial charge in [0.25, 0.3) is 0 Å². The quantitative estimate of drug-likeness (QED) is 0.774. The molecule has 1 N–H and O–H groups in total. The molecule has 0 aliphatic carbocycles. The standard InChI is InChI=1S/C11H19N3/c1-3-10-8-14(13-9(10)2)11-4-6-12-7-5-11/h8,11-12H,3-7H2,1-2H3. The maximum absolute atomic E-state index is 4.59. The lowest BCUT2D eigenvalue weighted by Gasteiger charge is -2.22. The molecule has 1 aromatic heterocycles. The summed E-state index contributed by atoms with van der Waals surface area (Å²) in [5, 5.41) is 7.97. The molecule has 1 aliphatic rings. The molecule has 14 heavy (non-hydrogen) atoms. The molecule has 0 radical (unpaired) electrons. The molecule has 3 nitrogen and oxygen atoms in total. The Morgan fingerprint density at radius 3 is 2.79 bits per heavy atom. The molecular weight excluding hydrogens is 174 g/mol. The molecule has 0 atom stereocenters. The van der Waals surface area contributed by atoms with Crippen molar-refractivity contribution in [2.24, 2.45) is 0 Å². The molecular formula is C11H19N3. The lowest BCUT2D eigenvalue weighted by Crippen LogP contribution is -2.29. The highest BCUT2D eigenvalue weighted by Crippen LogP contribution is 2.19. The minimum atomic E-state index is 0.621. The van der Waals surface area contributed by atoms with Crippen LogP contribution in [0.5, 0.6) is 0 Å². The van der Waals surface area contributed by atoms with Gasteiger partial charge in [0.2, 0.25) is 0 Å². The van der Waals surface area contributed by atoms with Crippen LogP contribution >= 0.6 is 0 Å². The molecule has 0 spiro atoms. The monoisotopic (exact) mass is 193 g/mol. The Bertz CT molecular complexity index is 297. The van der Waals surface area contributed by atoms with Gasteiger partial charge >= 0.3 is 0 Å². The van der Waals surface area contributed by atoms with Crippen LogP contribution in [0.4, 0.5) is 0 Å². The van der Waals surface area contributed by atoms with Crippen molar-refractivity contribution in [2.75, 3.05) is 13.1 Å². The van der Waals surface area contributed by atoms with Gasteiger partial charge in [-0.3, -0.25) is 4.68 Å². The summed E-state index contributed by atoms with van der Waals surface area (Å²) in [6.07, 6.45) is 5.75. The van der Waals surface area contributed by atoms with Crippen LogP contribution in [-0.2, 0) is 6.42 Å². The third-order valence-electron chi connectivity index (χ3n) is 3.08. The number of aromatic nitrogens is 2. The van der Waals surface area contributed by atoms with Gasteiger partial charge in [-0.2, -0.15) is 5.10 Å². The van der Waals surface area contributed by atoms with Crippen molar-refractivity contribution in [3.63, 3.8) is 0 Å². The summed E-state index contributed by atoms with van der Waals surface area (Å²) in [5.74, 6) is 0. The van der Waals surface area contributed by atoms with Crippen molar-refractivity contribution >= 4 is 0 Å². The fraction of sp³-hybridized carbons (Fsp3) is 0.727. The van der Waals surface area contributed by atoms with Crippen molar-refractivity contribution in [2.45, 2.75) is 39.2 Å². The minimum absolute atomic E-state index is 0.621. The highest BCUT2D eigenvalue weighted by atomic mass is 15.3. The van der Waals surface area contributed by atoms with Crippen LogP contribution in [0.25, 0.3) is 0 Å². The second-order valence-corrected chi connectivity index (χ2v) is 4.05. The van der Waals surface area contributed by atoms with Gasteiger partial charge in [-0.05, 0) is 44.8 Å². The molecule has 1 aliphatic heterocycles. The Morgan fingerprint density at radius 1 is 1.50 bits per heavy atom. The first kappa shape index (κ1) is 9.71. The Balaban J connectivity index is 2.14. The summed E-state index contributed by atoms with van der Waals surface area (Å²) in [6.45, 7) is 6.56. The molecule has 1 saturated heterocycles. The average Bonchev–Trinajstić information content (AvgIpc) is 2.61. The zero-order valence-corrected chi connectivity index (χ0v) is 9.08. The summed E-state index contributed by atoms with van der Waals surface area (Å²) < 4.78 is 2.18. The van der Waals surface area contributed by atoms with Crippen LogP contribution in [0.3, 0.4) is 0 Å². The van der Waals surface area contributed by atoms with Crippen LogP contribution in [0.1, 0.15) is 37.1 Å². The Morgan fingerprint density at radius 2 is 2.21 bits per heavy atom. The molecule has 0 amide bonds. The molecule has 0 aromatic carbocycles. The largest absolute Gasteiger partial charge is 0.317 e. The van der Waals surface area contributed by atoms with Crippen molar-refractivity contribution in [3.8, 4) is 0 Å². The smallest absolute Gasteiger partial charge is 0.0625 e. The molecule has 1 aromatic rings. The fourth-order valence-corrected chi connectivity index (χ4v) is 2.12. The summed E-state index contributed by atoms with van der Waals surface area (Å²) in [5.41, 5.74) is 2.59. The fourth-order valence-electron chi connectivity index (χ4n) is 2.12. The predicted octanol–water partition coefficient (Wildman–Crippen LogP) is 1.68. The van der Waals surface area contributed by atoms with Gasteiger partial charge < -0.3 is 5.32 Å². The van der Waals surface area contributed by atoms with Crippen LogP contribution < -0.4 is 5.32 Å². The number of aryl methyl sites for hydroxylation is 2. The molecule has 0 unspecified atom stereocenters. The second-order valence-electron chi connectivity index (χ2n) is 4.05. The van der Waals surface area contributed by atoms with E-state index in [0.717, 1.165) is 19.5 Å². The summed E-state index contributed by atoms with van der Waals surface area (Å²) in [4.78, 5) is 0. The number of piperidine rings is 1. The van der Waals surface area contributed by atoms with Crippen LogP contribution in [0.15, 0.2) is 6.20 Å². The topological polar surface area (TPSA) is 29.9 Å². The van der Waals surface area contributed by atoms with E-state index in [1.807, 2.05) is 0 Å². The molecule has 2 rings (SSSR count). The summed E-state index contributed by atoms with van der Waals surface area (Å²) in [7, 11) is 0. The van der Waals surface area contributed by atoms with Crippen LogP contribution in [0, 0.1) is 6.92 Å². The third-order valence-corrected chi connectivity index (χ3v) is 3.08. The van der Waals surface area contributed by atoms with Gasteiger partial charge in [0.05, 0.1) is 11.7 Å². The van der Waals surface area contributed by atoms with Crippen molar-refractivity contribution in [1.29, 1.82) is 0 Å². The van der Waals surface area contributed by atoms with Crippen LogP contribution in [-0.4, -0.2) is 22.9 Å². The highest BCUT2D eigenvalue weighted by Gasteiger charge is 2.16. The first-order valence-corrected chi connectivity index (χ1v) is 5.56. The molecule has 1 fully saturated rings. The van der Waals surface area contributed by atoms with Crippen molar-refractivity contribution < 1.29 is 0 Å². The van der Waals surface area contributed by atoms with E-state index in [9.17, 15) is 0 Å². The zero-order valence-electron chi connectivity index (χ0n) is 9.08. The van der Waals surface area contributed by atoms with E-state index in [1.165, 1.54) is 24.1 Å². The van der Waals surface area contributed by atoms with E-state index >= 15 is 0 Å².